The molecule has 1 aliphatic rings. The number of amides is 1. The summed E-state index contributed by atoms with van der Waals surface area (Å²) in [5.41, 5.74) is 0.387. The molecular weight excluding hydrogens is 254 g/mol. The molecule has 0 radical (unpaired) electrons. The molecule has 0 unspecified atom stereocenters. The monoisotopic (exact) mass is 269 g/mol. The minimum Gasteiger partial charge on any atom is -0.395 e. The van der Waals surface area contributed by atoms with Crippen LogP contribution in [0.5, 0.6) is 0 Å². The van der Waals surface area contributed by atoms with Gasteiger partial charge in [-0.2, -0.15) is 0 Å². The fraction of sp³-hybridized carbons (Fsp3) is 0.500. The molecule has 0 aromatic carbocycles. The average molecular weight is 270 g/mol. The van der Waals surface area contributed by atoms with Crippen molar-refractivity contribution in [1.82, 2.24) is 14.8 Å². The second kappa shape index (κ2) is 6.13. The van der Waals surface area contributed by atoms with E-state index in [0.717, 1.165) is 13.1 Å². The van der Waals surface area contributed by atoms with Crippen LogP contribution in [0.3, 0.4) is 0 Å². The van der Waals surface area contributed by atoms with Gasteiger partial charge in [-0.05, 0) is 12.1 Å². The van der Waals surface area contributed by atoms with E-state index in [-0.39, 0.29) is 12.5 Å². The van der Waals surface area contributed by atoms with Crippen molar-refractivity contribution in [3.63, 3.8) is 0 Å². The number of hydrogen-bond donors (Lipinski definition) is 1. The summed E-state index contributed by atoms with van der Waals surface area (Å²) in [6, 6.07) is 3.24. The van der Waals surface area contributed by atoms with Crippen LogP contribution in [0.25, 0.3) is 0 Å². The number of nitrogens with zero attached hydrogens (tertiary/aromatic N) is 3. The number of β-amino-alcohol motifs (C(OH)–C–C–N with tert-alkyl or cyclic N) is 1. The Morgan fingerprint density at radius 2 is 2.11 bits per heavy atom. The van der Waals surface area contributed by atoms with E-state index in [1.807, 2.05) is 0 Å². The molecule has 0 bridgehead atoms. The largest absolute Gasteiger partial charge is 0.395 e. The van der Waals surface area contributed by atoms with Gasteiger partial charge in [0.05, 0.1) is 6.61 Å². The highest BCUT2D eigenvalue weighted by molar-refractivity contribution is 6.30. The number of aliphatic hydroxyl groups excluding tert-OH is 1. The topological polar surface area (TPSA) is 56.7 Å². The van der Waals surface area contributed by atoms with Crippen molar-refractivity contribution in [2.24, 2.45) is 0 Å². The second-order valence-electron chi connectivity index (χ2n) is 4.22. The maximum atomic E-state index is 12.2. The van der Waals surface area contributed by atoms with Crippen LogP contribution in [0.2, 0.25) is 5.02 Å². The quantitative estimate of drug-likeness (QED) is 0.868. The summed E-state index contributed by atoms with van der Waals surface area (Å²) < 4.78 is 0. The van der Waals surface area contributed by atoms with Gasteiger partial charge in [-0.1, -0.05) is 11.6 Å². The predicted molar refractivity (Wildman–Crippen MR) is 68.7 cm³/mol. The normalized spacial score (nSPS) is 16.9. The van der Waals surface area contributed by atoms with Gasteiger partial charge in [0, 0.05) is 43.9 Å². The van der Waals surface area contributed by atoms with Gasteiger partial charge in [-0.3, -0.25) is 14.7 Å². The second-order valence-corrected chi connectivity index (χ2v) is 4.65. The zero-order valence-electron chi connectivity index (χ0n) is 10.0. The van der Waals surface area contributed by atoms with E-state index in [0.29, 0.717) is 30.4 Å². The summed E-state index contributed by atoms with van der Waals surface area (Å²) in [7, 11) is 0. The van der Waals surface area contributed by atoms with Gasteiger partial charge in [0.15, 0.2) is 0 Å². The van der Waals surface area contributed by atoms with Crippen molar-refractivity contribution >= 4 is 17.5 Å². The Bertz CT molecular complexity index is 420. The number of rotatable bonds is 3. The third-order valence-corrected chi connectivity index (χ3v) is 3.25. The summed E-state index contributed by atoms with van der Waals surface area (Å²) in [6.07, 6.45) is 1.54. The van der Waals surface area contributed by atoms with E-state index in [1.165, 1.54) is 6.20 Å². The van der Waals surface area contributed by atoms with Crippen molar-refractivity contribution in [3.05, 3.63) is 29.0 Å². The van der Waals surface area contributed by atoms with E-state index >= 15 is 0 Å². The van der Waals surface area contributed by atoms with Gasteiger partial charge in [0.2, 0.25) is 0 Å². The Morgan fingerprint density at radius 1 is 1.39 bits per heavy atom. The number of aromatic nitrogens is 1. The fourth-order valence-corrected chi connectivity index (χ4v) is 2.16. The Morgan fingerprint density at radius 3 is 2.72 bits per heavy atom. The first-order chi connectivity index (χ1) is 8.70. The van der Waals surface area contributed by atoms with Gasteiger partial charge in [0.25, 0.3) is 5.91 Å². The van der Waals surface area contributed by atoms with Crippen molar-refractivity contribution in [2.45, 2.75) is 0 Å². The van der Waals surface area contributed by atoms with Gasteiger partial charge >= 0.3 is 0 Å². The third-order valence-electron chi connectivity index (χ3n) is 3.02. The molecule has 1 aromatic heterocycles. The first-order valence-electron chi connectivity index (χ1n) is 5.95. The van der Waals surface area contributed by atoms with E-state index in [1.54, 1.807) is 17.0 Å². The SMILES string of the molecule is O=C(c1cc(Cl)ccn1)N1CCN(CCO)CC1. The Balaban J connectivity index is 1.95. The van der Waals surface area contributed by atoms with E-state index < -0.39 is 0 Å². The summed E-state index contributed by atoms with van der Waals surface area (Å²) in [5.74, 6) is -0.0823. The maximum absolute atomic E-state index is 12.2. The average Bonchev–Trinajstić information content (AvgIpc) is 2.39. The smallest absolute Gasteiger partial charge is 0.272 e. The van der Waals surface area contributed by atoms with Crippen molar-refractivity contribution < 1.29 is 9.90 Å². The highest BCUT2D eigenvalue weighted by Gasteiger charge is 2.22. The predicted octanol–water partition coefficient (Wildman–Crippen LogP) is 0.485. The molecule has 0 aliphatic carbocycles. The minimum absolute atomic E-state index is 0.0823. The lowest BCUT2D eigenvalue weighted by molar-refractivity contribution is 0.0609. The van der Waals surface area contributed by atoms with Crippen molar-refractivity contribution in [2.75, 3.05) is 39.3 Å². The van der Waals surface area contributed by atoms with Crippen LogP contribution in [-0.4, -0.2) is 65.1 Å². The van der Waals surface area contributed by atoms with Gasteiger partial charge < -0.3 is 10.0 Å². The zero-order valence-corrected chi connectivity index (χ0v) is 10.8. The Labute approximate surface area is 111 Å². The molecular formula is C12H16ClN3O2. The highest BCUT2D eigenvalue weighted by Crippen LogP contribution is 2.11. The molecule has 0 saturated carbocycles. The Hall–Kier alpha value is -1.17. The number of hydrogen-bond acceptors (Lipinski definition) is 4. The molecule has 1 aromatic rings. The maximum Gasteiger partial charge on any atom is 0.272 e. The molecule has 1 N–H and O–H groups in total. The molecule has 2 heterocycles. The number of piperazine rings is 1. The number of pyridine rings is 1. The summed E-state index contributed by atoms with van der Waals surface area (Å²) >= 11 is 5.85. The zero-order chi connectivity index (χ0) is 13.0. The van der Waals surface area contributed by atoms with Crippen LogP contribution in [-0.2, 0) is 0 Å². The lowest BCUT2D eigenvalue weighted by Crippen LogP contribution is -2.49. The first kappa shape index (κ1) is 13.3. The van der Waals surface area contributed by atoms with E-state index in [4.69, 9.17) is 16.7 Å². The van der Waals surface area contributed by atoms with Gasteiger partial charge in [-0.25, -0.2) is 0 Å². The number of carbonyl (C=O) groups excluding carboxylic acids is 1. The van der Waals surface area contributed by atoms with Crippen LogP contribution in [0, 0.1) is 0 Å². The van der Waals surface area contributed by atoms with Crippen LogP contribution in [0.15, 0.2) is 18.3 Å². The molecule has 1 amide bonds. The van der Waals surface area contributed by atoms with Crippen molar-refractivity contribution in [1.29, 1.82) is 0 Å². The standard InChI is InChI=1S/C12H16ClN3O2/c13-10-1-2-14-11(9-10)12(18)16-5-3-15(4-6-16)7-8-17/h1-2,9,17H,3-8H2. The molecule has 1 saturated heterocycles. The molecule has 6 heteroatoms. The fourth-order valence-electron chi connectivity index (χ4n) is 2.00. The summed E-state index contributed by atoms with van der Waals surface area (Å²) in [6.45, 7) is 3.71. The lowest BCUT2D eigenvalue weighted by atomic mass is 10.2. The van der Waals surface area contributed by atoms with Crippen LogP contribution >= 0.6 is 11.6 Å². The van der Waals surface area contributed by atoms with E-state index in [2.05, 4.69) is 9.88 Å². The van der Waals surface area contributed by atoms with Gasteiger partial charge in [0.1, 0.15) is 5.69 Å². The lowest BCUT2D eigenvalue weighted by Gasteiger charge is -2.34. The number of halogens is 1. The minimum atomic E-state index is -0.0823. The first-order valence-corrected chi connectivity index (χ1v) is 6.32. The number of carbonyl (C=O) groups is 1. The van der Waals surface area contributed by atoms with Crippen LogP contribution in [0.1, 0.15) is 10.5 Å². The summed E-state index contributed by atoms with van der Waals surface area (Å²) in [4.78, 5) is 20.1. The molecule has 18 heavy (non-hydrogen) atoms. The molecule has 5 nitrogen and oxygen atoms in total. The molecule has 98 valence electrons. The molecule has 2 rings (SSSR count). The van der Waals surface area contributed by atoms with Crippen LogP contribution < -0.4 is 0 Å². The summed E-state index contributed by atoms with van der Waals surface area (Å²) in [5, 5.41) is 9.38. The third kappa shape index (κ3) is 3.19. The van der Waals surface area contributed by atoms with Crippen LogP contribution in [0.4, 0.5) is 0 Å². The highest BCUT2D eigenvalue weighted by atomic mass is 35.5. The van der Waals surface area contributed by atoms with Gasteiger partial charge in [-0.15, -0.1) is 0 Å². The van der Waals surface area contributed by atoms with Crippen molar-refractivity contribution in [3.8, 4) is 0 Å². The molecule has 1 fully saturated rings. The Kier molecular flexibility index (Phi) is 4.52. The molecule has 0 atom stereocenters. The molecule has 1 aliphatic heterocycles. The van der Waals surface area contributed by atoms with E-state index in [9.17, 15) is 4.79 Å². The number of aliphatic hydroxyl groups is 1. The molecule has 0 spiro atoms.